The molecule has 2 saturated heterocycles. The lowest BCUT2D eigenvalue weighted by molar-refractivity contribution is -0.140. The van der Waals surface area contributed by atoms with E-state index in [0.29, 0.717) is 49.3 Å². The third-order valence-electron chi connectivity index (χ3n) is 4.59. The molecule has 0 aliphatic carbocycles. The van der Waals surface area contributed by atoms with Crippen LogP contribution in [0.5, 0.6) is 0 Å². The fourth-order valence-electron chi connectivity index (χ4n) is 3.17. The van der Waals surface area contributed by atoms with Gasteiger partial charge < -0.3 is 19.9 Å². The van der Waals surface area contributed by atoms with Crippen LogP contribution in [0.15, 0.2) is 12.1 Å². The van der Waals surface area contributed by atoms with E-state index < -0.39 is 0 Å². The Hall–Kier alpha value is -1.86. The van der Waals surface area contributed by atoms with Gasteiger partial charge in [-0.25, -0.2) is 9.78 Å². The highest BCUT2D eigenvalue weighted by molar-refractivity contribution is 6.29. The maximum absolute atomic E-state index is 12.5. The second kappa shape index (κ2) is 8.01. The minimum atomic E-state index is -0.303. The van der Waals surface area contributed by atoms with Crippen LogP contribution in [0.4, 0.5) is 10.5 Å². The second-order valence-electron chi connectivity index (χ2n) is 6.36. The van der Waals surface area contributed by atoms with E-state index in [-0.39, 0.29) is 18.0 Å². The number of rotatable bonds is 2. The van der Waals surface area contributed by atoms with Crippen LogP contribution in [0.3, 0.4) is 0 Å². The van der Waals surface area contributed by atoms with Crippen molar-refractivity contribution in [1.29, 1.82) is 0 Å². The molecule has 1 unspecified atom stereocenters. The first-order valence-corrected chi connectivity index (χ1v) is 9.02. The van der Waals surface area contributed by atoms with Crippen molar-refractivity contribution in [2.45, 2.75) is 32.3 Å². The van der Waals surface area contributed by atoms with Crippen LogP contribution in [0.25, 0.3) is 0 Å². The predicted octanol–water partition coefficient (Wildman–Crippen LogP) is 2.29. The molecule has 1 atom stereocenters. The summed E-state index contributed by atoms with van der Waals surface area (Å²) in [5, 5.41) is 3.27. The smallest absolute Gasteiger partial charge is 0.321 e. The van der Waals surface area contributed by atoms with E-state index in [4.69, 9.17) is 16.3 Å². The molecule has 0 aromatic carbocycles. The minimum absolute atomic E-state index is 0.0532. The monoisotopic (exact) mass is 366 g/mol. The largest absolute Gasteiger partial charge is 0.368 e. The van der Waals surface area contributed by atoms with Crippen molar-refractivity contribution >= 4 is 29.2 Å². The van der Waals surface area contributed by atoms with Crippen LogP contribution in [0.2, 0.25) is 5.15 Å². The third kappa shape index (κ3) is 4.41. The molecule has 2 fully saturated rings. The van der Waals surface area contributed by atoms with Crippen molar-refractivity contribution < 1.29 is 14.3 Å². The molecule has 136 valence electrons. The predicted molar refractivity (Wildman–Crippen MR) is 94.7 cm³/mol. The third-order valence-corrected chi connectivity index (χ3v) is 4.80. The lowest BCUT2D eigenvalue weighted by atomic mass is 10.2. The fraction of sp³-hybridized carbons (Fsp3) is 0.588. The van der Waals surface area contributed by atoms with E-state index in [1.807, 2.05) is 4.90 Å². The molecule has 3 heterocycles. The maximum atomic E-state index is 12.5. The Balaban J connectivity index is 1.56. The summed E-state index contributed by atoms with van der Waals surface area (Å²) >= 11 is 5.84. The number of hydrogen-bond acceptors (Lipinski definition) is 4. The van der Waals surface area contributed by atoms with E-state index >= 15 is 0 Å². The topological polar surface area (TPSA) is 74.8 Å². The number of aryl methyl sites for hydroxylation is 1. The summed E-state index contributed by atoms with van der Waals surface area (Å²) in [6.45, 7) is 4.76. The average Bonchev–Trinajstić information content (AvgIpc) is 3.01. The molecule has 0 spiro atoms. The molecule has 3 amide bonds. The van der Waals surface area contributed by atoms with Gasteiger partial charge >= 0.3 is 6.03 Å². The van der Waals surface area contributed by atoms with Gasteiger partial charge in [-0.3, -0.25) is 4.79 Å². The van der Waals surface area contributed by atoms with Gasteiger partial charge in [0, 0.05) is 32.8 Å². The number of hydrogen-bond donors (Lipinski definition) is 1. The van der Waals surface area contributed by atoms with Crippen molar-refractivity contribution in [3.05, 3.63) is 23.0 Å². The molecule has 0 saturated carbocycles. The zero-order valence-electron chi connectivity index (χ0n) is 14.3. The number of carbonyl (C=O) groups excluding carboxylic acids is 2. The molecule has 8 heteroatoms. The van der Waals surface area contributed by atoms with E-state index in [9.17, 15) is 9.59 Å². The molecule has 2 aliphatic heterocycles. The zero-order chi connectivity index (χ0) is 17.8. The van der Waals surface area contributed by atoms with Crippen LogP contribution >= 0.6 is 11.6 Å². The van der Waals surface area contributed by atoms with Gasteiger partial charge in [-0.05, 0) is 38.3 Å². The highest BCUT2D eigenvalue weighted by Gasteiger charge is 2.30. The molecule has 1 N–H and O–H groups in total. The Morgan fingerprint density at radius 3 is 2.68 bits per heavy atom. The van der Waals surface area contributed by atoms with Gasteiger partial charge in [0.25, 0.3) is 5.91 Å². The van der Waals surface area contributed by atoms with Gasteiger partial charge in [0.15, 0.2) is 0 Å². The second-order valence-corrected chi connectivity index (χ2v) is 6.75. The number of aromatic nitrogens is 1. The first kappa shape index (κ1) is 17.9. The number of anilines is 1. The Morgan fingerprint density at radius 2 is 1.96 bits per heavy atom. The first-order valence-electron chi connectivity index (χ1n) is 8.64. The van der Waals surface area contributed by atoms with Crippen LogP contribution in [-0.2, 0) is 9.53 Å². The Morgan fingerprint density at radius 1 is 1.20 bits per heavy atom. The highest BCUT2D eigenvalue weighted by Crippen LogP contribution is 2.18. The molecule has 25 heavy (non-hydrogen) atoms. The Labute approximate surface area is 152 Å². The molecule has 1 aromatic rings. The van der Waals surface area contributed by atoms with E-state index in [0.717, 1.165) is 19.3 Å². The molecular formula is C17H23ClN4O3. The van der Waals surface area contributed by atoms with Gasteiger partial charge in [-0.2, -0.15) is 0 Å². The quantitative estimate of drug-likeness (QED) is 0.815. The molecule has 3 rings (SSSR count). The lowest BCUT2D eigenvalue weighted by Gasteiger charge is -2.24. The number of amides is 3. The van der Waals surface area contributed by atoms with Crippen molar-refractivity contribution in [2.75, 3.05) is 38.1 Å². The van der Waals surface area contributed by atoms with E-state index in [1.165, 1.54) is 0 Å². The van der Waals surface area contributed by atoms with Gasteiger partial charge in [0.2, 0.25) is 0 Å². The Kier molecular flexibility index (Phi) is 5.75. The van der Waals surface area contributed by atoms with Gasteiger partial charge in [-0.15, -0.1) is 0 Å². The summed E-state index contributed by atoms with van der Waals surface area (Å²) in [6.07, 6.45) is 2.18. The molecule has 1 aromatic heterocycles. The fourth-order valence-corrected chi connectivity index (χ4v) is 3.36. The number of nitrogens with zero attached hydrogens (tertiary/aromatic N) is 3. The molecule has 0 radical (unpaired) electrons. The van der Waals surface area contributed by atoms with Crippen molar-refractivity contribution in [3.8, 4) is 0 Å². The number of ether oxygens (including phenoxy) is 1. The summed E-state index contributed by atoms with van der Waals surface area (Å²) in [5.74, 6) is 0.0532. The SMILES string of the molecule is Cc1nc(Cl)ccc1NC(=O)N1CCCN(C(=O)C2CCCO2)CC1. The van der Waals surface area contributed by atoms with Crippen molar-refractivity contribution in [3.63, 3.8) is 0 Å². The normalized spacial score (nSPS) is 21.1. The number of pyridine rings is 1. The van der Waals surface area contributed by atoms with Crippen molar-refractivity contribution in [2.24, 2.45) is 0 Å². The molecular weight excluding hydrogens is 344 g/mol. The first-order chi connectivity index (χ1) is 12.0. The summed E-state index contributed by atoms with van der Waals surface area (Å²) in [6, 6.07) is 3.21. The van der Waals surface area contributed by atoms with Gasteiger partial charge in [0.05, 0.1) is 11.4 Å². The van der Waals surface area contributed by atoms with Crippen LogP contribution < -0.4 is 5.32 Å². The highest BCUT2D eigenvalue weighted by atomic mass is 35.5. The van der Waals surface area contributed by atoms with Crippen LogP contribution in [-0.4, -0.2) is 65.6 Å². The van der Waals surface area contributed by atoms with Gasteiger partial charge in [-0.1, -0.05) is 11.6 Å². The summed E-state index contributed by atoms with van der Waals surface area (Å²) in [7, 11) is 0. The minimum Gasteiger partial charge on any atom is -0.368 e. The molecule has 0 bridgehead atoms. The summed E-state index contributed by atoms with van der Waals surface area (Å²) in [4.78, 5) is 32.7. The van der Waals surface area contributed by atoms with E-state index in [1.54, 1.807) is 24.0 Å². The number of nitrogens with one attached hydrogen (secondary N) is 1. The zero-order valence-corrected chi connectivity index (χ0v) is 15.1. The van der Waals surface area contributed by atoms with Gasteiger partial charge in [0.1, 0.15) is 11.3 Å². The number of urea groups is 1. The standard InChI is InChI=1S/C17H23ClN4O3/c1-12-13(5-6-15(18)19-12)20-17(24)22-8-3-7-21(9-10-22)16(23)14-4-2-11-25-14/h5-6,14H,2-4,7-11H2,1H3,(H,20,24). The van der Waals surface area contributed by atoms with Crippen LogP contribution in [0, 0.1) is 6.92 Å². The molecule has 2 aliphatic rings. The number of halogens is 1. The van der Waals surface area contributed by atoms with Crippen molar-refractivity contribution in [1.82, 2.24) is 14.8 Å². The Bertz CT molecular complexity index is 649. The maximum Gasteiger partial charge on any atom is 0.321 e. The van der Waals surface area contributed by atoms with Crippen LogP contribution in [0.1, 0.15) is 25.0 Å². The lowest BCUT2D eigenvalue weighted by Crippen LogP contribution is -2.42. The summed E-state index contributed by atoms with van der Waals surface area (Å²) < 4.78 is 5.48. The van der Waals surface area contributed by atoms with E-state index in [2.05, 4.69) is 10.3 Å². The molecule has 7 nitrogen and oxygen atoms in total. The average molecular weight is 367 g/mol. The number of carbonyl (C=O) groups is 2. The summed E-state index contributed by atoms with van der Waals surface area (Å²) in [5.41, 5.74) is 1.32.